The molecule has 0 heterocycles. The Balaban J connectivity index is 2.77. The maximum absolute atomic E-state index is 6.00. The molecule has 0 saturated heterocycles. The van der Waals surface area contributed by atoms with Crippen LogP contribution in [0.4, 0.5) is 0 Å². The summed E-state index contributed by atoms with van der Waals surface area (Å²) in [5, 5.41) is 0. The highest BCUT2D eigenvalue weighted by atomic mass is 14.7. The number of nitrogens with two attached hydrogens (primary N) is 1. The van der Waals surface area contributed by atoms with Crippen molar-refractivity contribution in [2.75, 3.05) is 0 Å². The van der Waals surface area contributed by atoms with E-state index in [0.717, 1.165) is 12.8 Å². The Morgan fingerprint density at radius 3 is 2.58 bits per heavy atom. The van der Waals surface area contributed by atoms with E-state index < -0.39 is 0 Å². The summed E-state index contributed by atoms with van der Waals surface area (Å²) in [6.07, 6.45) is 8.06. The van der Waals surface area contributed by atoms with Crippen molar-refractivity contribution in [2.45, 2.75) is 32.2 Å². The second-order valence-corrected chi connectivity index (χ2v) is 3.83. The highest BCUT2D eigenvalue weighted by Gasteiger charge is 2.29. The molecule has 1 saturated carbocycles. The van der Waals surface area contributed by atoms with Crippen LogP contribution in [0.2, 0.25) is 0 Å². The minimum Gasteiger partial charge on any atom is -0.325 e. The maximum atomic E-state index is 6.00. The smallest absolute Gasteiger partial charge is 0.0207 e. The quantitative estimate of drug-likeness (QED) is 0.631. The van der Waals surface area contributed by atoms with Gasteiger partial charge in [-0.1, -0.05) is 30.4 Å². The van der Waals surface area contributed by atoms with E-state index >= 15 is 0 Å². The molecule has 0 aliphatic heterocycles. The number of hydrogen-bond donors (Lipinski definition) is 1. The highest BCUT2D eigenvalue weighted by Crippen LogP contribution is 2.35. The van der Waals surface area contributed by atoms with Crippen molar-refractivity contribution >= 4 is 0 Å². The first-order valence-electron chi connectivity index (χ1n) is 4.34. The third kappa shape index (κ3) is 2.08. The molecule has 0 radical (unpaired) electrons. The third-order valence-corrected chi connectivity index (χ3v) is 2.16. The van der Waals surface area contributed by atoms with Gasteiger partial charge in [0.05, 0.1) is 0 Å². The summed E-state index contributed by atoms with van der Waals surface area (Å²) in [5.74, 6) is 0. The summed E-state index contributed by atoms with van der Waals surface area (Å²) >= 11 is 0. The average molecular weight is 163 g/mol. The standard InChI is InChI=1S/C11H17N/c1-4-5-6-10-8-11(3,12)7-9(10)2/h4-6H,2,7-8,12H2,1,3H3/b5-4-,10-6-. The monoisotopic (exact) mass is 163 g/mol. The topological polar surface area (TPSA) is 26.0 Å². The molecule has 0 aromatic rings. The van der Waals surface area contributed by atoms with E-state index in [1.165, 1.54) is 11.1 Å². The number of allylic oxidation sites excluding steroid dienone is 3. The molecule has 1 aliphatic rings. The zero-order chi connectivity index (χ0) is 9.19. The lowest BCUT2D eigenvalue weighted by Gasteiger charge is -2.14. The molecule has 2 N–H and O–H groups in total. The zero-order valence-electron chi connectivity index (χ0n) is 7.93. The van der Waals surface area contributed by atoms with E-state index in [9.17, 15) is 0 Å². The minimum atomic E-state index is -0.0650. The van der Waals surface area contributed by atoms with Gasteiger partial charge in [-0.3, -0.25) is 0 Å². The van der Waals surface area contributed by atoms with Gasteiger partial charge in [-0.15, -0.1) is 0 Å². The molecule has 1 atom stereocenters. The maximum Gasteiger partial charge on any atom is 0.0207 e. The first-order valence-corrected chi connectivity index (χ1v) is 4.34. The van der Waals surface area contributed by atoms with Crippen LogP contribution in [0.5, 0.6) is 0 Å². The Kier molecular flexibility index (Phi) is 2.53. The molecule has 0 aromatic heterocycles. The van der Waals surface area contributed by atoms with Gasteiger partial charge in [0, 0.05) is 5.54 Å². The predicted molar refractivity (Wildman–Crippen MR) is 53.9 cm³/mol. The lowest BCUT2D eigenvalue weighted by atomic mass is 10.0. The van der Waals surface area contributed by atoms with Gasteiger partial charge in [0.1, 0.15) is 0 Å². The fraction of sp³-hybridized carbons (Fsp3) is 0.455. The minimum absolute atomic E-state index is 0.0650. The number of rotatable bonds is 1. The number of hydrogen-bond acceptors (Lipinski definition) is 1. The van der Waals surface area contributed by atoms with E-state index in [1.807, 2.05) is 19.1 Å². The molecule has 0 aromatic carbocycles. The van der Waals surface area contributed by atoms with Crippen molar-refractivity contribution in [3.05, 3.63) is 36.0 Å². The van der Waals surface area contributed by atoms with Crippen LogP contribution < -0.4 is 5.73 Å². The molecule has 1 rings (SSSR count). The van der Waals surface area contributed by atoms with E-state index in [4.69, 9.17) is 5.73 Å². The molecule has 1 heteroatoms. The fourth-order valence-corrected chi connectivity index (χ4v) is 1.61. The van der Waals surface area contributed by atoms with Crippen LogP contribution in [0.3, 0.4) is 0 Å². The van der Waals surface area contributed by atoms with Crippen LogP contribution >= 0.6 is 0 Å². The largest absolute Gasteiger partial charge is 0.325 e. The lowest BCUT2D eigenvalue weighted by molar-refractivity contribution is 0.509. The van der Waals surface area contributed by atoms with E-state index in [-0.39, 0.29) is 5.54 Å². The summed E-state index contributed by atoms with van der Waals surface area (Å²) in [6, 6.07) is 0. The molecule has 0 bridgehead atoms. The van der Waals surface area contributed by atoms with E-state index in [0.29, 0.717) is 0 Å². The molecule has 1 fully saturated rings. The Hall–Kier alpha value is -0.820. The molecule has 1 nitrogen and oxygen atoms in total. The van der Waals surface area contributed by atoms with Gasteiger partial charge in [-0.25, -0.2) is 0 Å². The molecule has 12 heavy (non-hydrogen) atoms. The van der Waals surface area contributed by atoms with Crippen LogP contribution in [-0.2, 0) is 0 Å². The summed E-state index contributed by atoms with van der Waals surface area (Å²) in [6.45, 7) is 8.09. The van der Waals surface area contributed by atoms with Crippen molar-refractivity contribution < 1.29 is 0 Å². The average Bonchev–Trinajstić information content (AvgIpc) is 2.20. The van der Waals surface area contributed by atoms with Crippen molar-refractivity contribution in [3.8, 4) is 0 Å². The fourth-order valence-electron chi connectivity index (χ4n) is 1.61. The Morgan fingerprint density at radius 2 is 2.17 bits per heavy atom. The molecule has 0 spiro atoms. The van der Waals surface area contributed by atoms with Crippen LogP contribution in [-0.4, -0.2) is 5.54 Å². The van der Waals surface area contributed by atoms with Gasteiger partial charge in [0.2, 0.25) is 0 Å². The molecule has 0 amide bonds. The van der Waals surface area contributed by atoms with Crippen molar-refractivity contribution in [1.82, 2.24) is 0 Å². The molecule has 1 aliphatic carbocycles. The van der Waals surface area contributed by atoms with Crippen LogP contribution in [0.15, 0.2) is 36.0 Å². The van der Waals surface area contributed by atoms with Crippen molar-refractivity contribution in [2.24, 2.45) is 5.73 Å². The van der Waals surface area contributed by atoms with Crippen LogP contribution in [0.25, 0.3) is 0 Å². The van der Waals surface area contributed by atoms with Gasteiger partial charge in [-0.2, -0.15) is 0 Å². The molecule has 66 valence electrons. The van der Waals surface area contributed by atoms with Gasteiger partial charge >= 0.3 is 0 Å². The van der Waals surface area contributed by atoms with Crippen molar-refractivity contribution in [3.63, 3.8) is 0 Å². The van der Waals surface area contributed by atoms with Crippen LogP contribution in [0.1, 0.15) is 26.7 Å². The van der Waals surface area contributed by atoms with Gasteiger partial charge in [-0.05, 0) is 32.3 Å². The molecular formula is C11H17N. The van der Waals surface area contributed by atoms with Crippen molar-refractivity contribution in [1.29, 1.82) is 0 Å². The second kappa shape index (κ2) is 3.28. The first-order chi connectivity index (χ1) is 5.55. The summed E-state index contributed by atoms with van der Waals surface area (Å²) in [4.78, 5) is 0. The molecule has 1 unspecified atom stereocenters. The summed E-state index contributed by atoms with van der Waals surface area (Å²) < 4.78 is 0. The Bertz CT molecular complexity index is 244. The van der Waals surface area contributed by atoms with Gasteiger partial charge < -0.3 is 5.73 Å². The normalized spacial score (nSPS) is 33.9. The molecular weight excluding hydrogens is 146 g/mol. The van der Waals surface area contributed by atoms with Crippen LogP contribution in [0, 0.1) is 0 Å². The second-order valence-electron chi connectivity index (χ2n) is 3.83. The predicted octanol–water partition coefficient (Wildman–Crippen LogP) is 2.56. The van der Waals surface area contributed by atoms with E-state index in [1.54, 1.807) is 0 Å². The summed E-state index contributed by atoms with van der Waals surface area (Å²) in [7, 11) is 0. The third-order valence-electron chi connectivity index (χ3n) is 2.16. The Labute approximate surface area is 74.7 Å². The summed E-state index contributed by atoms with van der Waals surface area (Å²) in [5.41, 5.74) is 8.44. The van der Waals surface area contributed by atoms with Gasteiger partial charge in [0.25, 0.3) is 0 Å². The Morgan fingerprint density at radius 1 is 1.50 bits per heavy atom. The lowest BCUT2D eigenvalue weighted by Crippen LogP contribution is -2.31. The van der Waals surface area contributed by atoms with E-state index in [2.05, 4.69) is 19.6 Å². The zero-order valence-corrected chi connectivity index (χ0v) is 7.93. The SMILES string of the molecule is C=C1CC(C)(N)C/C1=C/C=C\C. The van der Waals surface area contributed by atoms with Gasteiger partial charge in [0.15, 0.2) is 0 Å². The first kappa shape index (κ1) is 9.27. The highest BCUT2D eigenvalue weighted by molar-refractivity contribution is 5.39.